The van der Waals surface area contributed by atoms with E-state index in [0.29, 0.717) is 17.8 Å². The fraction of sp³-hybridized carbons (Fsp3) is 0.267. The van der Waals surface area contributed by atoms with Crippen LogP contribution in [0.5, 0.6) is 0 Å². The molecular formula is C15H14ClN3O5. The van der Waals surface area contributed by atoms with E-state index in [2.05, 4.69) is 10.1 Å². The van der Waals surface area contributed by atoms with Gasteiger partial charge in [0, 0.05) is 18.6 Å². The summed E-state index contributed by atoms with van der Waals surface area (Å²) < 4.78 is 9.89. The van der Waals surface area contributed by atoms with Crippen molar-refractivity contribution in [2.24, 2.45) is 0 Å². The van der Waals surface area contributed by atoms with Crippen LogP contribution in [0.15, 0.2) is 28.8 Å². The number of nitro groups is 1. The van der Waals surface area contributed by atoms with Crippen LogP contribution in [0, 0.1) is 10.1 Å². The normalized spacial score (nSPS) is 10.9. The first kappa shape index (κ1) is 17.6. The molecule has 0 aliphatic heterocycles. The van der Waals surface area contributed by atoms with Crippen LogP contribution in [0.1, 0.15) is 30.6 Å². The number of hydrogen-bond donors (Lipinski definition) is 0. The lowest BCUT2D eigenvalue weighted by Gasteiger charge is -1.98. The minimum absolute atomic E-state index is 0.0269. The standard InChI is InChI=1S/C15H14ClN3O5/c1-2-3-13-17-14(24-18-13)9-23-15(20)7-5-10-4-6-11(16)12(8-10)19(21)22/h4-8H,2-3,9H2,1H3/b7-5+. The van der Waals surface area contributed by atoms with Crippen molar-refractivity contribution in [1.82, 2.24) is 10.1 Å². The van der Waals surface area contributed by atoms with Crippen molar-refractivity contribution in [3.05, 3.63) is 56.7 Å². The van der Waals surface area contributed by atoms with E-state index < -0.39 is 10.9 Å². The Morgan fingerprint density at radius 2 is 2.29 bits per heavy atom. The second kappa shape index (κ2) is 8.21. The number of esters is 1. The maximum absolute atomic E-state index is 11.6. The minimum atomic E-state index is -0.636. The summed E-state index contributed by atoms with van der Waals surface area (Å²) in [5, 5.41) is 14.6. The van der Waals surface area contributed by atoms with Crippen molar-refractivity contribution < 1.29 is 19.0 Å². The number of ether oxygens (including phenoxy) is 1. The van der Waals surface area contributed by atoms with Crippen LogP contribution in [-0.2, 0) is 22.6 Å². The van der Waals surface area contributed by atoms with Gasteiger partial charge >= 0.3 is 5.97 Å². The van der Waals surface area contributed by atoms with Gasteiger partial charge in [-0.2, -0.15) is 4.98 Å². The largest absolute Gasteiger partial charge is 0.452 e. The topological polar surface area (TPSA) is 108 Å². The number of nitrogens with zero attached hydrogens (tertiary/aromatic N) is 3. The van der Waals surface area contributed by atoms with Crippen LogP contribution >= 0.6 is 11.6 Å². The van der Waals surface area contributed by atoms with Gasteiger partial charge in [0.15, 0.2) is 12.4 Å². The molecule has 1 aromatic carbocycles. The third-order valence-electron chi connectivity index (χ3n) is 2.90. The van der Waals surface area contributed by atoms with Gasteiger partial charge in [0.2, 0.25) is 0 Å². The van der Waals surface area contributed by atoms with Gasteiger partial charge in [-0.1, -0.05) is 29.7 Å². The second-order valence-electron chi connectivity index (χ2n) is 4.76. The smallest absolute Gasteiger partial charge is 0.331 e. The highest BCUT2D eigenvalue weighted by molar-refractivity contribution is 6.32. The number of rotatable bonds is 7. The average Bonchev–Trinajstić information content (AvgIpc) is 3.00. The molecule has 2 aromatic rings. The fourth-order valence-corrected chi connectivity index (χ4v) is 1.98. The molecule has 2 rings (SSSR count). The molecule has 0 atom stereocenters. The first-order valence-electron chi connectivity index (χ1n) is 7.10. The number of carbonyl (C=O) groups excluding carboxylic acids is 1. The molecule has 0 bridgehead atoms. The Bertz CT molecular complexity index is 772. The monoisotopic (exact) mass is 351 g/mol. The van der Waals surface area contributed by atoms with Crippen molar-refractivity contribution in [2.75, 3.05) is 0 Å². The zero-order valence-electron chi connectivity index (χ0n) is 12.8. The van der Waals surface area contributed by atoms with Crippen molar-refractivity contribution in [1.29, 1.82) is 0 Å². The molecule has 0 aliphatic rings. The van der Waals surface area contributed by atoms with Crippen LogP contribution in [-0.4, -0.2) is 21.0 Å². The number of aryl methyl sites for hydroxylation is 1. The van der Waals surface area contributed by atoms with Crippen LogP contribution < -0.4 is 0 Å². The zero-order chi connectivity index (χ0) is 17.5. The van der Waals surface area contributed by atoms with Crippen LogP contribution in [0.2, 0.25) is 5.02 Å². The third-order valence-corrected chi connectivity index (χ3v) is 3.22. The Morgan fingerprint density at radius 3 is 3.00 bits per heavy atom. The zero-order valence-corrected chi connectivity index (χ0v) is 13.5. The van der Waals surface area contributed by atoms with E-state index in [1.807, 2.05) is 6.92 Å². The molecule has 0 radical (unpaired) electrons. The summed E-state index contributed by atoms with van der Waals surface area (Å²) in [6.45, 7) is 1.85. The minimum Gasteiger partial charge on any atom is -0.452 e. The summed E-state index contributed by atoms with van der Waals surface area (Å²) >= 11 is 5.72. The van der Waals surface area contributed by atoms with E-state index in [-0.39, 0.29) is 23.2 Å². The molecule has 0 amide bonds. The number of benzene rings is 1. The Hall–Kier alpha value is -2.74. The second-order valence-corrected chi connectivity index (χ2v) is 5.17. The molecule has 0 fully saturated rings. The van der Waals surface area contributed by atoms with E-state index in [1.54, 1.807) is 6.07 Å². The molecule has 24 heavy (non-hydrogen) atoms. The Labute approximate surface area is 142 Å². The number of halogens is 1. The third kappa shape index (κ3) is 4.88. The molecular weight excluding hydrogens is 338 g/mol. The molecule has 8 nitrogen and oxygen atoms in total. The van der Waals surface area contributed by atoms with E-state index in [0.717, 1.165) is 12.5 Å². The molecule has 0 N–H and O–H groups in total. The Balaban J connectivity index is 1.92. The summed E-state index contributed by atoms with van der Waals surface area (Å²) in [5.41, 5.74) is 0.215. The molecule has 1 heterocycles. The average molecular weight is 352 g/mol. The number of carbonyl (C=O) groups is 1. The highest BCUT2D eigenvalue weighted by atomic mass is 35.5. The molecule has 0 saturated heterocycles. The van der Waals surface area contributed by atoms with Gasteiger partial charge in [0.25, 0.3) is 11.6 Å². The molecule has 9 heteroatoms. The van der Waals surface area contributed by atoms with Gasteiger partial charge in [-0.15, -0.1) is 0 Å². The van der Waals surface area contributed by atoms with Gasteiger partial charge in [0.1, 0.15) is 5.02 Å². The Kier molecular flexibility index (Phi) is 6.02. The van der Waals surface area contributed by atoms with Crippen LogP contribution in [0.4, 0.5) is 5.69 Å². The van der Waals surface area contributed by atoms with E-state index in [4.69, 9.17) is 20.9 Å². The number of hydrogen-bond acceptors (Lipinski definition) is 7. The van der Waals surface area contributed by atoms with Gasteiger partial charge in [-0.05, 0) is 24.1 Å². The summed E-state index contributed by atoms with van der Waals surface area (Å²) in [4.78, 5) is 25.9. The van der Waals surface area contributed by atoms with Crippen molar-refractivity contribution in [2.45, 2.75) is 26.4 Å². The lowest BCUT2D eigenvalue weighted by molar-refractivity contribution is -0.384. The van der Waals surface area contributed by atoms with Crippen LogP contribution in [0.3, 0.4) is 0 Å². The van der Waals surface area contributed by atoms with Gasteiger partial charge in [-0.25, -0.2) is 4.79 Å². The quantitative estimate of drug-likeness (QED) is 0.325. The highest BCUT2D eigenvalue weighted by Crippen LogP contribution is 2.25. The van der Waals surface area contributed by atoms with Gasteiger partial charge in [-0.3, -0.25) is 10.1 Å². The number of nitro benzene ring substituents is 1. The molecule has 1 aromatic heterocycles. The molecule has 0 unspecified atom stereocenters. The lowest BCUT2D eigenvalue weighted by atomic mass is 10.2. The lowest BCUT2D eigenvalue weighted by Crippen LogP contribution is -2.01. The summed E-state index contributed by atoms with van der Waals surface area (Å²) in [7, 11) is 0. The molecule has 0 spiro atoms. The Morgan fingerprint density at radius 1 is 1.50 bits per heavy atom. The van der Waals surface area contributed by atoms with Gasteiger partial charge in [0.05, 0.1) is 4.92 Å². The highest BCUT2D eigenvalue weighted by Gasteiger charge is 2.12. The van der Waals surface area contributed by atoms with Crippen molar-refractivity contribution in [3.8, 4) is 0 Å². The summed E-state index contributed by atoms with van der Waals surface area (Å²) in [5.74, 6) is 0.137. The summed E-state index contributed by atoms with van der Waals surface area (Å²) in [6, 6.07) is 4.20. The van der Waals surface area contributed by atoms with E-state index >= 15 is 0 Å². The van der Waals surface area contributed by atoms with Gasteiger partial charge < -0.3 is 9.26 Å². The first-order valence-corrected chi connectivity index (χ1v) is 7.47. The maximum Gasteiger partial charge on any atom is 0.331 e. The summed E-state index contributed by atoms with van der Waals surface area (Å²) in [6.07, 6.45) is 4.11. The number of aromatic nitrogens is 2. The first-order chi connectivity index (χ1) is 11.5. The molecule has 0 aliphatic carbocycles. The van der Waals surface area contributed by atoms with E-state index in [1.165, 1.54) is 18.2 Å². The molecule has 126 valence electrons. The molecule has 0 saturated carbocycles. The van der Waals surface area contributed by atoms with Crippen molar-refractivity contribution >= 4 is 29.3 Å². The predicted octanol–water partition coefficient (Wildman–Crippen LogP) is 3.34. The van der Waals surface area contributed by atoms with Crippen LogP contribution in [0.25, 0.3) is 6.08 Å². The van der Waals surface area contributed by atoms with Crippen molar-refractivity contribution in [3.63, 3.8) is 0 Å². The fourth-order valence-electron chi connectivity index (χ4n) is 1.79. The maximum atomic E-state index is 11.6. The van der Waals surface area contributed by atoms with E-state index in [9.17, 15) is 14.9 Å². The SMILES string of the molecule is CCCc1noc(COC(=O)/C=C/c2ccc(Cl)c([N+](=O)[O-])c2)n1. The predicted molar refractivity (Wildman–Crippen MR) is 85.2 cm³/mol.